The fourth-order valence-electron chi connectivity index (χ4n) is 3.44. The normalized spacial score (nSPS) is 13.8. The minimum Gasteiger partial charge on any atom is -0.493 e. The van der Waals surface area contributed by atoms with E-state index in [1.165, 1.54) is 0 Å². The summed E-state index contributed by atoms with van der Waals surface area (Å²) in [5.41, 5.74) is 2.96. The summed E-state index contributed by atoms with van der Waals surface area (Å²) in [4.78, 5) is 3.37. The Bertz CT molecular complexity index is 1010. The molecule has 3 aromatic rings. The molecule has 4 rings (SSSR count). The second-order valence-electron chi connectivity index (χ2n) is 7.10. The van der Waals surface area contributed by atoms with Gasteiger partial charge in [-0.15, -0.1) is 11.3 Å². The number of morpholine rings is 1. The molecule has 0 spiro atoms. The molecule has 0 amide bonds. The van der Waals surface area contributed by atoms with Crippen molar-refractivity contribution in [2.45, 2.75) is 13.2 Å². The Kier molecular flexibility index (Phi) is 7.45. The van der Waals surface area contributed by atoms with Crippen molar-refractivity contribution in [3.8, 4) is 11.5 Å². The molecule has 2 heterocycles. The molecule has 1 aliphatic heterocycles. The molecule has 0 unspecified atom stereocenters. The molecule has 0 saturated carbocycles. The van der Waals surface area contributed by atoms with Crippen LogP contribution in [0.25, 0.3) is 0 Å². The van der Waals surface area contributed by atoms with Crippen LogP contribution in [0.3, 0.4) is 0 Å². The van der Waals surface area contributed by atoms with E-state index in [2.05, 4.69) is 10.2 Å². The van der Waals surface area contributed by atoms with Gasteiger partial charge in [0.2, 0.25) is 0 Å². The first-order valence-corrected chi connectivity index (χ1v) is 11.7. The smallest absolute Gasteiger partial charge is 0.180 e. The number of nitrogens with zero attached hydrogens (tertiary/aromatic N) is 1. The molecule has 31 heavy (non-hydrogen) atoms. The van der Waals surface area contributed by atoms with E-state index in [9.17, 15) is 0 Å². The van der Waals surface area contributed by atoms with E-state index in [0.717, 1.165) is 53.1 Å². The van der Waals surface area contributed by atoms with Crippen LogP contribution in [0.5, 0.6) is 11.5 Å². The molecule has 8 heteroatoms. The number of hydrogen-bond acceptors (Lipinski definition) is 6. The van der Waals surface area contributed by atoms with Gasteiger partial charge in [0.25, 0.3) is 0 Å². The highest BCUT2D eigenvalue weighted by molar-refractivity contribution is 7.09. The number of hydrogen-bond donors (Lipinski definition) is 1. The number of rotatable bonds is 8. The van der Waals surface area contributed by atoms with Crippen molar-refractivity contribution in [1.29, 1.82) is 0 Å². The number of nitrogens with one attached hydrogen (secondary N) is 1. The zero-order valence-electron chi connectivity index (χ0n) is 17.2. The van der Waals surface area contributed by atoms with Crippen molar-refractivity contribution in [1.82, 2.24) is 0 Å². The minimum atomic E-state index is 0.458. The third-order valence-corrected chi connectivity index (χ3v) is 6.46. The standard InChI is InChI=1S/C23H24Cl2N2O3S/c1-28-22-12-16(11-20(25)23(22)30-15-18-3-2-10-31-18)14-26-17-4-5-21(19(24)13-17)27-6-8-29-9-7-27/h2-5,10-13,26H,6-9,14-15H2,1H3. The van der Waals surface area contributed by atoms with Gasteiger partial charge in [-0.2, -0.15) is 0 Å². The van der Waals surface area contributed by atoms with Crippen molar-refractivity contribution in [2.24, 2.45) is 0 Å². The molecule has 1 aliphatic rings. The lowest BCUT2D eigenvalue weighted by Crippen LogP contribution is -2.36. The van der Waals surface area contributed by atoms with Crippen molar-refractivity contribution >= 4 is 45.9 Å². The maximum Gasteiger partial charge on any atom is 0.180 e. The first kappa shape index (κ1) is 22.1. The Balaban J connectivity index is 1.42. The van der Waals surface area contributed by atoms with Gasteiger partial charge >= 0.3 is 0 Å². The van der Waals surface area contributed by atoms with Crippen molar-refractivity contribution in [2.75, 3.05) is 43.6 Å². The summed E-state index contributed by atoms with van der Waals surface area (Å²) >= 11 is 14.7. The summed E-state index contributed by atoms with van der Waals surface area (Å²) in [5, 5.41) is 6.67. The van der Waals surface area contributed by atoms with E-state index in [4.69, 9.17) is 37.4 Å². The summed E-state index contributed by atoms with van der Waals surface area (Å²) in [6.45, 7) is 4.20. The SMILES string of the molecule is COc1cc(CNc2ccc(N3CCOCC3)c(Cl)c2)cc(Cl)c1OCc1cccs1. The van der Waals surface area contributed by atoms with Crippen LogP contribution in [0, 0.1) is 0 Å². The van der Waals surface area contributed by atoms with Gasteiger partial charge in [0.15, 0.2) is 11.5 Å². The summed E-state index contributed by atoms with van der Waals surface area (Å²) in [7, 11) is 1.62. The molecule has 1 fully saturated rings. The molecule has 1 aromatic heterocycles. The van der Waals surface area contributed by atoms with Gasteiger partial charge in [-0.05, 0) is 47.3 Å². The zero-order valence-corrected chi connectivity index (χ0v) is 19.5. The second kappa shape index (κ2) is 10.5. The fourth-order valence-corrected chi connectivity index (χ4v) is 4.64. The van der Waals surface area contributed by atoms with Crippen molar-refractivity contribution in [3.63, 3.8) is 0 Å². The zero-order chi connectivity index (χ0) is 21.6. The Labute approximate surface area is 196 Å². The van der Waals surface area contributed by atoms with E-state index in [0.29, 0.717) is 29.7 Å². The summed E-state index contributed by atoms with van der Waals surface area (Å²) < 4.78 is 16.8. The van der Waals surface area contributed by atoms with Crippen LogP contribution in [-0.2, 0) is 17.9 Å². The lowest BCUT2D eigenvalue weighted by molar-refractivity contribution is 0.122. The molecular weight excluding hydrogens is 455 g/mol. The van der Waals surface area contributed by atoms with Crippen LogP contribution >= 0.6 is 34.5 Å². The average Bonchev–Trinajstić information content (AvgIpc) is 3.31. The first-order valence-electron chi connectivity index (χ1n) is 10.0. The van der Waals surface area contributed by atoms with Crippen LogP contribution < -0.4 is 19.7 Å². The lowest BCUT2D eigenvalue weighted by Gasteiger charge is -2.29. The van der Waals surface area contributed by atoms with E-state index in [-0.39, 0.29) is 0 Å². The molecule has 2 aromatic carbocycles. The number of anilines is 2. The molecule has 0 atom stereocenters. The highest BCUT2D eigenvalue weighted by Gasteiger charge is 2.15. The molecule has 1 N–H and O–H groups in total. The quantitative estimate of drug-likeness (QED) is 0.424. The topological polar surface area (TPSA) is 43.0 Å². The van der Waals surface area contributed by atoms with E-state index >= 15 is 0 Å². The predicted molar refractivity (Wildman–Crippen MR) is 128 cm³/mol. The summed E-state index contributed by atoms with van der Waals surface area (Å²) in [6, 6.07) is 13.9. The van der Waals surface area contributed by atoms with Gasteiger partial charge in [0, 0.05) is 30.2 Å². The fraction of sp³-hybridized carbons (Fsp3) is 0.304. The van der Waals surface area contributed by atoms with Crippen LogP contribution in [0.4, 0.5) is 11.4 Å². The highest BCUT2D eigenvalue weighted by atomic mass is 35.5. The van der Waals surface area contributed by atoms with Crippen molar-refractivity contribution < 1.29 is 14.2 Å². The number of halogens is 2. The molecular formula is C23H24Cl2N2O3S. The maximum atomic E-state index is 6.54. The predicted octanol–water partition coefficient (Wildman–Crippen LogP) is 6.09. The average molecular weight is 479 g/mol. The largest absolute Gasteiger partial charge is 0.493 e. The van der Waals surface area contributed by atoms with E-state index in [1.807, 2.05) is 47.8 Å². The Morgan fingerprint density at radius 1 is 1.10 bits per heavy atom. The number of ether oxygens (including phenoxy) is 3. The van der Waals surface area contributed by atoms with Gasteiger partial charge in [-0.3, -0.25) is 0 Å². The van der Waals surface area contributed by atoms with Crippen LogP contribution in [-0.4, -0.2) is 33.4 Å². The van der Waals surface area contributed by atoms with Crippen LogP contribution in [0.1, 0.15) is 10.4 Å². The number of methoxy groups -OCH3 is 1. The monoisotopic (exact) mass is 478 g/mol. The molecule has 0 radical (unpaired) electrons. The van der Waals surface area contributed by atoms with Gasteiger partial charge in [0.1, 0.15) is 6.61 Å². The first-order chi connectivity index (χ1) is 15.1. The molecule has 1 saturated heterocycles. The van der Waals surface area contributed by atoms with E-state index in [1.54, 1.807) is 18.4 Å². The van der Waals surface area contributed by atoms with Gasteiger partial charge < -0.3 is 24.4 Å². The highest BCUT2D eigenvalue weighted by Crippen LogP contribution is 2.37. The van der Waals surface area contributed by atoms with Crippen LogP contribution in [0.15, 0.2) is 47.8 Å². The second-order valence-corrected chi connectivity index (χ2v) is 8.94. The third-order valence-electron chi connectivity index (χ3n) is 5.02. The molecule has 0 bridgehead atoms. The number of thiophene rings is 1. The Morgan fingerprint density at radius 3 is 2.65 bits per heavy atom. The lowest BCUT2D eigenvalue weighted by atomic mass is 10.2. The van der Waals surface area contributed by atoms with Gasteiger partial charge in [0.05, 0.1) is 36.1 Å². The Hall–Kier alpha value is -2.12. The maximum absolute atomic E-state index is 6.54. The van der Waals surface area contributed by atoms with Gasteiger partial charge in [-0.25, -0.2) is 0 Å². The number of benzene rings is 2. The molecule has 0 aliphatic carbocycles. The summed E-state index contributed by atoms with van der Waals surface area (Å²) in [6.07, 6.45) is 0. The van der Waals surface area contributed by atoms with E-state index < -0.39 is 0 Å². The molecule has 164 valence electrons. The van der Waals surface area contributed by atoms with Crippen LogP contribution in [0.2, 0.25) is 10.0 Å². The Morgan fingerprint density at radius 2 is 1.94 bits per heavy atom. The molecule has 5 nitrogen and oxygen atoms in total. The minimum absolute atomic E-state index is 0.458. The summed E-state index contributed by atoms with van der Waals surface area (Å²) in [5.74, 6) is 1.17. The third kappa shape index (κ3) is 5.57. The van der Waals surface area contributed by atoms with Crippen molar-refractivity contribution in [3.05, 3.63) is 68.3 Å². The van der Waals surface area contributed by atoms with Gasteiger partial charge in [-0.1, -0.05) is 29.3 Å².